The molecule has 5 aromatic carbocycles. The molecule has 0 unspecified atom stereocenters. The first kappa shape index (κ1) is 30.6. The summed E-state index contributed by atoms with van der Waals surface area (Å²) in [6, 6.07) is 35.9. The fourth-order valence-corrected chi connectivity index (χ4v) is 5.28. The Kier molecular flexibility index (Phi) is 8.66. The maximum absolute atomic E-state index is 13.1. The zero-order valence-corrected chi connectivity index (χ0v) is 25.6. The van der Waals surface area contributed by atoms with Crippen molar-refractivity contribution in [3.8, 4) is 22.3 Å². The SMILES string of the molecule is COC(=O)c1ccc(-c2ccc(C(=O)Nc3ccc(-c4ccc(C(=O)Nc5ccc(C(C)=O)c6ccccc56)cc4)cn3)cc2)cc1. The predicted octanol–water partition coefficient (Wildman–Crippen LogP) is 8.06. The van der Waals surface area contributed by atoms with Gasteiger partial charge in [-0.25, -0.2) is 9.78 Å². The molecule has 0 radical (unpaired) electrons. The van der Waals surface area contributed by atoms with Crippen molar-refractivity contribution in [2.75, 3.05) is 17.7 Å². The molecule has 8 nitrogen and oxygen atoms in total. The van der Waals surface area contributed by atoms with Crippen LogP contribution in [0.1, 0.15) is 48.4 Å². The highest BCUT2D eigenvalue weighted by molar-refractivity contribution is 6.14. The van der Waals surface area contributed by atoms with Gasteiger partial charge in [0.1, 0.15) is 5.82 Å². The second-order valence-electron chi connectivity index (χ2n) is 10.8. The number of nitrogens with one attached hydrogen (secondary N) is 2. The highest BCUT2D eigenvalue weighted by Crippen LogP contribution is 2.28. The van der Waals surface area contributed by atoms with Crippen LogP contribution in [0.3, 0.4) is 0 Å². The number of hydrogen-bond acceptors (Lipinski definition) is 6. The Bertz CT molecular complexity index is 2120. The van der Waals surface area contributed by atoms with E-state index in [9.17, 15) is 19.2 Å². The van der Waals surface area contributed by atoms with Crippen molar-refractivity contribution >= 4 is 45.8 Å². The van der Waals surface area contributed by atoms with Crippen LogP contribution in [-0.2, 0) is 4.74 Å². The Morgan fingerprint density at radius 2 is 1.06 bits per heavy atom. The van der Waals surface area contributed by atoms with Gasteiger partial charge in [0.15, 0.2) is 5.78 Å². The molecule has 0 aliphatic carbocycles. The Morgan fingerprint density at radius 3 is 1.60 bits per heavy atom. The van der Waals surface area contributed by atoms with Crippen molar-refractivity contribution in [2.45, 2.75) is 6.92 Å². The third-order valence-corrected chi connectivity index (χ3v) is 7.82. The standard InChI is InChI=1S/C39H29N3O5/c1-24(43)32-20-21-35(34-6-4-3-5-33(32)34)41-37(44)28-15-9-27(10-16-28)31-19-22-36(40-23-31)42-38(45)29-13-7-25(8-14-29)26-11-17-30(18-12-26)39(46)47-2/h3-23H,1-2H3,(H,41,44)(H,40,42,45). The molecule has 8 heteroatoms. The molecule has 230 valence electrons. The Morgan fingerprint density at radius 1 is 0.553 bits per heavy atom. The minimum Gasteiger partial charge on any atom is -0.465 e. The first-order chi connectivity index (χ1) is 22.8. The summed E-state index contributed by atoms with van der Waals surface area (Å²) in [4.78, 5) is 54.1. The normalized spacial score (nSPS) is 10.7. The topological polar surface area (TPSA) is 114 Å². The van der Waals surface area contributed by atoms with Crippen LogP contribution in [0.2, 0.25) is 0 Å². The monoisotopic (exact) mass is 619 g/mol. The summed E-state index contributed by atoms with van der Waals surface area (Å²) in [6.45, 7) is 1.53. The van der Waals surface area contributed by atoms with Gasteiger partial charge < -0.3 is 15.4 Å². The van der Waals surface area contributed by atoms with Crippen LogP contribution in [0.4, 0.5) is 11.5 Å². The summed E-state index contributed by atoms with van der Waals surface area (Å²) in [7, 11) is 1.34. The van der Waals surface area contributed by atoms with Crippen molar-refractivity contribution < 1.29 is 23.9 Å². The molecule has 0 aliphatic rings. The molecule has 0 saturated heterocycles. The smallest absolute Gasteiger partial charge is 0.337 e. The number of carbonyl (C=O) groups excluding carboxylic acids is 4. The van der Waals surface area contributed by atoms with Gasteiger partial charge in [-0.05, 0) is 89.7 Å². The number of ketones is 1. The number of hydrogen-bond donors (Lipinski definition) is 2. The summed E-state index contributed by atoms with van der Waals surface area (Å²) in [5.74, 6) is -0.587. The largest absolute Gasteiger partial charge is 0.465 e. The second-order valence-corrected chi connectivity index (χ2v) is 10.8. The van der Waals surface area contributed by atoms with Crippen molar-refractivity contribution in [2.24, 2.45) is 0 Å². The predicted molar refractivity (Wildman–Crippen MR) is 183 cm³/mol. The van der Waals surface area contributed by atoms with Gasteiger partial charge in [-0.3, -0.25) is 14.4 Å². The summed E-state index contributed by atoms with van der Waals surface area (Å²) in [5.41, 5.74) is 6.15. The van der Waals surface area contributed by atoms with Gasteiger partial charge in [0.05, 0.1) is 12.7 Å². The summed E-state index contributed by atoms with van der Waals surface area (Å²) in [5, 5.41) is 7.37. The van der Waals surface area contributed by atoms with E-state index in [0.717, 1.165) is 33.0 Å². The van der Waals surface area contributed by atoms with Crippen molar-refractivity contribution in [1.29, 1.82) is 0 Å². The van der Waals surface area contributed by atoms with E-state index >= 15 is 0 Å². The summed E-state index contributed by atoms with van der Waals surface area (Å²) < 4.78 is 4.74. The molecule has 0 aliphatic heterocycles. The van der Waals surface area contributed by atoms with Gasteiger partial charge in [0, 0.05) is 39.5 Å². The fraction of sp³-hybridized carbons (Fsp3) is 0.0513. The highest BCUT2D eigenvalue weighted by atomic mass is 16.5. The van der Waals surface area contributed by atoms with Crippen LogP contribution in [0, 0.1) is 0 Å². The molecule has 47 heavy (non-hydrogen) atoms. The van der Waals surface area contributed by atoms with Gasteiger partial charge in [0.25, 0.3) is 11.8 Å². The fourth-order valence-electron chi connectivity index (χ4n) is 5.28. The van der Waals surface area contributed by atoms with E-state index in [1.807, 2.05) is 66.7 Å². The van der Waals surface area contributed by atoms with Crippen LogP contribution in [0.5, 0.6) is 0 Å². The zero-order valence-electron chi connectivity index (χ0n) is 25.6. The number of methoxy groups -OCH3 is 1. The lowest BCUT2D eigenvalue weighted by atomic mass is 10.00. The van der Waals surface area contributed by atoms with Crippen LogP contribution in [0.15, 0.2) is 128 Å². The van der Waals surface area contributed by atoms with E-state index in [0.29, 0.717) is 33.8 Å². The third-order valence-electron chi connectivity index (χ3n) is 7.82. The number of esters is 1. The summed E-state index contributed by atoms with van der Waals surface area (Å²) in [6.07, 6.45) is 1.66. The number of pyridine rings is 1. The lowest BCUT2D eigenvalue weighted by Crippen LogP contribution is -2.13. The first-order valence-electron chi connectivity index (χ1n) is 14.8. The van der Waals surface area contributed by atoms with Gasteiger partial charge in [-0.2, -0.15) is 0 Å². The molecule has 0 fully saturated rings. The number of rotatable bonds is 8. The van der Waals surface area contributed by atoms with Gasteiger partial charge in [-0.1, -0.05) is 60.7 Å². The van der Waals surface area contributed by atoms with E-state index in [2.05, 4.69) is 15.6 Å². The van der Waals surface area contributed by atoms with Crippen LogP contribution in [0.25, 0.3) is 33.0 Å². The number of Topliss-reactive ketones (excluding diaryl/α,β-unsaturated/α-hetero) is 1. The molecular formula is C39H29N3O5. The van der Waals surface area contributed by atoms with E-state index in [1.54, 1.807) is 60.8 Å². The Hall–Kier alpha value is -6.41. The number of aromatic nitrogens is 1. The number of nitrogens with zero attached hydrogens (tertiary/aromatic N) is 1. The molecular weight excluding hydrogens is 590 g/mol. The molecule has 0 spiro atoms. The third kappa shape index (κ3) is 6.67. The molecule has 0 atom stereocenters. The van der Waals surface area contributed by atoms with Gasteiger partial charge in [-0.15, -0.1) is 0 Å². The Balaban J connectivity index is 1.08. The van der Waals surface area contributed by atoms with E-state index in [4.69, 9.17) is 4.74 Å². The maximum atomic E-state index is 13.1. The Labute approximate surface area is 271 Å². The minimum atomic E-state index is -0.395. The van der Waals surface area contributed by atoms with Crippen molar-refractivity contribution in [1.82, 2.24) is 4.98 Å². The average Bonchev–Trinajstić information content (AvgIpc) is 3.11. The maximum Gasteiger partial charge on any atom is 0.337 e. The van der Waals surface area contributed by atoms with Crippen LogP contribution < -0.4 is 10.6 Å². The van der Waals surface area contributed by atoms with Crippen LogP contribution >= 0.6 is 0 Å². The van der Waals surface area contributed by atoms with Crippen molar-refractivity contribution in [3.05, 3.63) is 150 Å². The summed E-state index contributed by atoms with van der Waals surface area (Å²) >= 11 is 0. The molecule has 1 heterocycles. The number of benzene rings is 5. The highest BCUT2D eigenvalue weighted by Gasteiger charge is 2.13. The lowest BCUT2D eigenvalue weighted by Gasteiger charge is -2.12. The number of anilines is 2. The number of ether oxygens (including phenoxy) is 1. The van der Waals surface area contributed by atoms with E-state index in [1.165, 1.54) is 14.0 Å². The average molecular weight is 620 g/mol. The molecule has 2 N–H and O–H groups in total. The molecule has 2 amide bonds. The number of fused-ring (bicyclic) bond motifs is 1. The second kappa shape index (κ2) is 13.3. The van der Waals surface area contributed by atoms with Gasteiger partial charge >= 0.3 is 5.97 Å². The van der Waals surface area contributed by atoms with Crippen molar-refractivity contribution in [3.63, 3.8) is 0 Å². The minimum absolute atomic E-state index is 0.0344. The molecule has 1 aromatic heterocycles. The van der Waals surface area contributed by atoms with Crippen LogP contribution in [-0.4, -0.2) is 35.7 Å². The van der Waals surface area contributed by atoms with E-state index in [-0.39, 0.29) is 17.6 Å². The molecule has 0 bridgehead atoms. The molecule has 6 aromatic rings. The van der Waals surface area contributed by atoms with Gasteiger partial charge in [0.2, 0.25) is 0 Å². The first-order valence-corrected chi connectivity index (χ1v) is 14.8. The zero-order chi connectivity index (χ0) is 32.9. The van der Waals surface area contributed by atoms with E-state index < -0.39 is 5.97 Å². The quantitative estimate of drug-likeness (QED) is 0.132. The lowest BCUT2D eigenvalue weighted by molar-refractivity contribution is 0.0600. The number of carbonyl (C=O) groups is 4. The number of amides is 2. The molecule has 6 rings (SSSR count). The molecule has 0 saturated carbocycles.